The predicted octanol–water partition coefficient (Wildman–Crippen LogP) is 7.88. The molecule has 4 aromatic rings. The number of hydrogen-bond acceptors (Lipinski definition) is 8. The van der Waals surface area contributed by atoms with E-state index in [0.717, 1.165) is 69.3 Å². The molecule has 12 heteroatoms. The summed E-state index contributed by atoms with van der Waals surface area (Å²) in [5.74, 6) is -2.60. The van der Waals surface area contributed by atoms with E-state index in [1.807, 2.05) is 38.1 Å². The van der Waals surface area contributed by atoms with Gasteiger partial charge in [0.1, 0.15) is 23.0 Å². The Morgan fingerprint density at radius 1 is 0.982 bits per heavy atom. The molecular weight excluding hydrogens is 736 g/mol. The lowest BCUT2D eigenvalue weighted by Crippen LogP contribution is -2.51. The van der Waals surface area contributed by atoms with Crippen LogP contribution in [0.5, 0.6) is 11.5 Å². The lowest BCUT2D eigenvalue weighted by atomic mass is 9.51. The number of imide groups is 2. The first kappa shape index (κ1) is 34.7. The quantitative estimate of drug-likeness (QED) is 0.165. The van der Waals surface area contributed by atoms with Crippen molar-refractivity contribution >= 4 is 62.5 Å². The Kier molecular flexibility index (Phi) is 7.82. The van der Waals surface area contributed by atoms with E-state index in [0.29, 0.717) is 35.1 Å². The topological polar surface area (TPSA) is 122 Å². The molecule has 2 aromatic heterocycles. The summed E-state index contributed by atoms with van der Waals surface area (Å²) in [6, 6.07) is 12.5. The third-order valence-electron chi connectivity index (χ3n) is 13.6. The molecule has 3 aliphatic carbocycles. The summed E-state index contributed by atoms with van der Waals surface area (Å²) in [6.07, 6.45) is 9.61. The van der Waals surface area contributed by atoms with Crippen molar-refractivity contribution in [2.75, 3.05) is 4.90 Å². The van der Waals surface area contributed by atoms with Crippen LogP contribution >= 0.6 is 22.9 Å². The van der Waals surface area contributed by atoms with E-state index in [1.54, 1.807) is 52.4 Å². The van der Waals surface area contributed by atoms with Crippen LogP contribution in [0.4, 0.5) is 5.82 Å². The number of hydrogen-bond donors (Lipinski definition) is 1. The lowest BCUT2D eigenvalue weighted by Gasteiger charge is -2.50. The maximum absolute atomic E-state index is 15.2. The number of thiophene rings is 1. The van der Waals surface area contributed by atoms with Gasteiger partial charge in [-0.2, -0.15) is 5.10 Å². The van der Waals surface area contributed by atoms with E-state index in [9.17, 15) is 19.5 Å². The Balaban J connectivity index is 1.07. The van der Waals surface area contributed by atoms with Crippen molar-refractivity contribution in [1.29, 1.82) is 0 Å². The summed E-state index contributed by atoms with van der Waals surface area (Å²) in [5.41, 5.74) is 2.95. The Bertz CT molecular complexity index is 2440. The number of anilines is 1. The number of rotatable bonds is 4. The third kappa shape index (κ3) is 4.94. The molecule has 0 radical (unpaired) electrons. The second kappa shape index (κ2) is 12.4. The van der Waals surface area contributed by atoms with Crippen molar-refractivity contribution in [1.82, 2.24) is 14.7 Å². The van der Waals surface area contributed by atoms with Crippen molar-refractivity contribution in [3.63, 3.8) is 0 Å². The van der Waals surface area contributed by atoms with Crippen molar-refractivity contribution < 1.29 is 29.0 Å². The number of amides is 4. The smallest absolute Gasteiger partial charge is 0.242 e. The zero-order valence-electron chi connectivity index (χ0n) is 30.9. The molecule has 10 rings (SSSR count). The zero-order chi connectivity index (χ0) is 38.1. The zero-order valence-corrected chi connectivity index (χ0v) is 32.5. The van der Waals surface area contributed by atoms with Crippen LogP contribution in [0.2, 0.25) is 5.02 Å². The fourth-order valence-corrected chi connectivity index (χ4v) is 12.3. The minimum atomic E-state index is -1.22. The van der Waals surface area contributed by atoms with Crippen LogP contribution in [0.3, 0.4) is 0 Å². The van der Waals surface area contributed by atoms with Gasteiger partial charge in [-0.1, -0.05) is 42.5 Å². The van der Waals surface area contributed by atoms with Crippen LogP contribution < -0.4 is 9.64 Å². The van der Waals surface area contributed by atoms with E-state index in [-0.39, 0.29) is 41.8 Å². The Morgan fingerprint density at radius 2 is 1.78 bits per heavy atom. The number of carbonyl (C=O) groups is 4. The minimum Gasteiger partial charge on any atom is -0.508 e. The second-order valence-corrected chi connectivity index (χ2v) is 18.0. The lowest BCUT2D eigenvalue weighted by molar-refractivity contribution is -0.144. The van der Waals surface area contributed by atoms with Gasteiger partial charge in [0, 0.05) is 46.8 Å². The van der Waals surface area contributed by atoms with Crippen LogP contribution in [-0.2, 0) is 32.6 Å². The van der Waals surface area contributed by atoms with Crippen molar-refractivity contribution in [2.24, 2.45) is 42.1 Å². The highest BCUT2D eigenvalue weighted by Gasteiger charge is 2.68. The number of benzene rings is 2. The van der Waals surface area contributed by atoms with E-state index < -0.39 is 35.0 Å². The molecule has 4 fully saturated rings. The molecule has 5 heterocycles. The maximum atomic E-state index is 15.2. The summed E-state index contributed by atoms with van der Waals surface area (Å²) in [4.78, 5) is 62.6. The molecular formula is C43H41ClN4O6S. The molecule has 6 unspecified atom stereocenters. The molecule has 2 saturated carbocycles. The Labute approximate surface area is 327 Å². The highest BCUT2D eigenvalue weighted by molar-refractivity contribution is 7.22. The molecule has 0 bridgehead atoms. The number of aryl methyl sites for hydroxylation is 2. The normalized spacial score (nSPS) is 29.2. The van der Waals surface area contributed by atoms with Gasteiger partial charge in [0.25, 0.3) is 0 Å². The summed E-state index contributed by atoms with van der Waals surface area (Å²) in [7, 11) is 1.75. The number of ether oxygens (including phenoxy) is 1. The van der Waals surface area contributed by atoms with E-state index in [4.69, 9.17) is 21.4 Å². The fraction of sp³-hybridized carbons (Fsp3) is 0.419. The molecule has 6 aliphatic rings. The summed E-state index contributed by atoms with van der Waals surface area (Å²) in [5, 5.41) is 16.9. The highest BCUT2D eigenvalue weighted by Crippen LogP contribution is 2.63. The molecule has 3 aliphatic heterocycles. The van der Waals surface area contributed by atoms with Crippen LogP contribution in [-0.4, -0.2) is 49.5 Å². The van der Waals surface area contributed by atoms with E-state index in [1.165, 1.54) is 4.90 Å². The van der Waals surface area contributed by atoms with Crippen LogP contribution in [0.25, 0.3) is 20.7 Å². The third-order valence-corrected chi connectivity index (χ3v) is 15.1. The van der Waals surface area contributed by atoms with Crippen molar-refractivity contribution in [2.45, 2.75) is 71.3 Å². The molecule has 10 nitrogen and oxygen atoms in total. The van der Waals surface area contributed by atoms with Gasteiger partial charge >= 0.3 is 0 Å². The summed E-state index contributed by atoms with van der Waals surface area (Å²) < 4.78 is 8.83. The van der Waals surface area contributed by atoms with Crippen LogP contribution in [0.15, 0.2) is 65.9 Å². The van der Waals surface area contributed by atoms with Gasteiger partial charge in [-0.15, -0.1) is 11.3 Å². The van der Waals surface area contributed by atoms with Crippen molar-refractivity contribution in [3.8, 4) is 22.1 Å². The van der Waals surface area contributed by atoms with Gasteiger partial charge in [-0.25, -0.2) is 4.90 Å². The number of fused-ring (bicyclic) bond motifs is 6. The number of likely N-dealkylation sites (tertiary alicyclic amines) is 1. The molecule has 55 heavy (non-hydrogen) atoms. The van der Waals surface area contributed by atoms with Crippen LogP contribution in [0, 0.1) is 41.9 Å². The Morgan fingerprint density at radius 3 is 2.58 bits per heavy atom. The second-order valence-electron chi connectivity index (χ2n) is 16.5. The molecule has 6 atom stereocenters. The molecule has 1 N–H and O–H groups in total. The number of halogens is 1. The molecule has 0 spiro atoms. The van der Waals surface area contributed by atoms with E-state index >= 15 is 4.79 Å². The largest absolute Gasteiger partial charge is 0.508 e. The number of aromatic hydroxyl groups is 1. The number of carbonyl (C=O) groups excluding carboxylic acids is 4. The average Bonchev–Trinajstić information content (AvgIpc) is 3.84. The van der Waals surface area contributed by atoms with Gasteiger partial charge in [0.15, 0.2) is 0 Å². The van der Waals surface area contributed by atoms with Gasteiger partial charge in [-0.3, -0.25) is 28.8 Å². The first-order chi connectivity index (χ1) is 26.4. The van der Waals surface area contributed by atoms with Gasteiger partial charge < -0.3 is 9.84 Å². The van der Waals surface area contributed by atoms with Crippen LogP contribution in [0.1, 0.15) is 63.0 Å². The van der Waals surface area contributed by atoms with Gasteiger partial charge in [-0.05, 0) is 98.4 Å². The highest BCUT2D eigenvalue weighted by atomic mass is 35.5. The predicted molar refractivity (Wildman–Crippen MR) is 208 cm³/mol. The fourth-order valence-electron chi connectivity index (χ4n) is 11.0. The number of aromatic nitrogens is 2. The van der Waals surface area contributed by atoms with Crippen molar-refractivity contribution in [3.05, 3.63) is 82.1 Å². The van der Waals surface area contributed by atoms with E-state index in [2.05, 4.69) is 6.08 Å². The van der Waals surface area contributed by atoms with Gasteiger partial charge in [0.05, 0.1) is 34.3 Å². The molecule has 2 aromatic carbocycles. The molecule has 2 saturated heterocycles. The van der Waals surface area contributed by atoms with Gasteiger partial charge in [0.2, 0.25) is 23.6 Å². The summed E-state index contributed by atoms with van der Waals surface area (Å²) in [6.45, 7) is 3.91. The maximum Gasteiger partial charge on any atom is 0.242 e. The molecule has 4 amide bonds. The SMILES string of the molecule is Cc1c(-c2cc(N3C(=O)C4CC5C(=CCC6C(=O)N(C7CCCCC7)C(=O)C65)C(C5=COc6ccc(O)cc6C5)C4(C)C3=O)n(C)n2)sc2ccc(Cl)cc12. The first-order valence-corrected chi connectivity index (χ1v) is 20.5. The average molecular weight is 777 g/mol. The number of phenols is 1. The molecule has 282 valence electrons. The monoisotopic (exact) mass is 776 g/mol. The minimum absolute atomic E-state index is 0.0862. The number of nitrogens with zero attached hydrogens (tertiary/aromatic N) is 4. The number of phenolic OH excluding ortho intramolecular Hbond substituents is 1. The standard InChI is InChI=1S/C43H41ClN4O6S/c1-21-29-17-24(44)9-14-34(29)55-38(21)32-19-35(46(3)45-32)48-40(51)31-18-30-27(11-12-28-36(30)41(52)47(39(28)50)25-7-5-4-6-8-25)37(43(31,2)42(48)53)23-15-22-16-26(49)10-13-33(22)54-20-23/h9-11,13-14,16-17,19-20,25,28,30-31,36-37,49H,4-8,12,15,18H2,1-3H3. The first-order valence-electron chi connectivity index (χ1n) is 19.3. The Hall–Kier alpha value is -4.74. The summed E-state index contributed by atoms with van der Waals surface area (Å²) >= 11 is 7.92. The number of allylic oxidation sites excluding steroid dienone is 3.